The highest BCUT2D eigenvalue weighted by molar-refractivity contribution is 7.99. The smallest absolute Gasteiger partial charge is 0.250 e. The molecule has 0 aliphatic heterocycles. The minimum absolute atomic E-state index is 0.190. The molecule has 0 saturated carbocycles. The van der Waals surface area contributed by atoms with Crippen molar-refractivity contribution in [3.63, 3.8) is 0 Å². The molecule has 4 aromatic rings. The number of hydrogen-bond donors (Lipinski definition) is 2. The second kappa shape index (κ2) is 9.49. The van der Waals surface area contributed by atoms with Gasteiger partial charge in [-0.05, 0) is 54.4 Å². The van der Waals surface area contributed by atoms with Crippen LogP contribution in [0.2, 0.25) is 0 Å². The molecule has 0 aliphatic carbocycles. The highest BCUT2D eigenvalue weighted by Crippen LogP contribution is 2.25. The molecule has 2 N–H and O–H groups in total. The van der Waals surface area contributed by atoms with Crippen molar-refractivity contribution in [2.45, 2.75) is 18.6 Å². The summed E-state index contributed by atoms with van der Waals surface area (Å²) in [6, 6.07) is 24.8. The first-order valence-corrected chi connectivity index (χ1v) is 10.8. The van der Waals surface area contributed by atoms with Crippen LogP contribution in [0, 0.1) is 0 Å². The number of rotatable bonds is 7. The third kappa shape index (κ3) is 5.13. The van der Waals surface area contributed by atoms with Crippen molar-refractivity contribution in [3.05, 3.63) is 90.0 Å². The number of nitrogens with one attached hydrogen (secondary N) is 1. The van der Waals surface area contributed by atoms with E-state index in [0.717, 1.165) is 21.8 Å². The van der Waals surface area contributed by atoms with Crippen LogP contribution < -0.4 is 5.43 Å². The number of fused-ring (bicyclic) bond motifs is 1. The lowest BCUT2D eigenvalue weighted by Crippen LogP contribution is -2.21. The Morgan fingerprint density at radius 3 is 2.52 bits per heavy atom. The topological polar surface area (TPSA) is 79.5 Å². The van der Waals surface area contributed by atoms with E-state index in [1.165, 1.54) is 17.3 Å². The molecule has 0 unspecified atom stereocenters. The summed E-state index contributed by atoms with van der Waals surface area (Å²) in [5, 5.41) is 14.3. The SMILES string of the molecule is C/C(=N\NC(=O)CSc1nc2ccccc2n1Cc1ccccc1)c1ccc(O)cc1. The van der Waals surface area contributed by atoms with Crippen molar-refractivity contribution in [1.29, 1.82) is 0 Å². The van der Waals surface area contributed by atoms with Crippen LogP contribution in [0.1, 0.15) is 18.1 Å². The van der Waals surface area contributed by atoms with Gasteiger partial charge in [-0.2, -0.15) is 5.10 Å². The zero-order valence-electron chi connectivity index (χ0n) is 17.0. The Labute approximate surface area is 184 Å². The summed E-state index contributed by atoms with van der Waals surface area (Å²) in [6.07, 6.45) is 0. The molecule has 0 atom stereocenters. The molecule has 0 saturated heterocycles. The van der Waals surface area contributed by atoms with Gasteiger partial charge in [0.15, 0.2) is 5.16 Å². The Morgan fingerprint density at radius 1 is 1.03 bits per heavy atom. The van der Waals surface area contributed by atoms with E-state index in [-0.39, 0.29) is 17.4 Å². The maximum Gasteiger partial charge on any atom is 0.250 e. The number of carbonyl (C=O) groups is 1. The van der Waals surface area contributed by atoms with Gasteiger partial charge in [-0.15, -0.1) is 0 Å². The van der Waals surface area contributed by atoms with Crippen molar-refractivity contribution in [3.8, 4) is 5.75 Å². The number of benzene rings is 3. The lowest BCUT2D eigenvalue weighted by atomic mass is 10.1. The van der Waals surface area contributed by atoms with Gasteiger partial charge in [0, 0.05) is 0 Å². The van der Waals surface area contributed by atoms with E-state index < -0.39 is 0 Å². The molecule has 7 heteroatoms. The molecular weight excluding hydrogens is 408 g/mol. The average Bonchev–Trinajstić information content (AvgIpc) is 3.14. The summed E-state index contributed by atoms with van der Waals surface area (Å²) < 4.78 is 2.13. The summed E-state index contributed by atoms with van der Waals surface area (Å²) in [6.45, 7) is 2.49. The van der Waals surface area contributed by atoms with Crippen molar-refractivity contribution in [2.24, 2.45) is 5.10 Å². The zero-order chi connectivity index (χ0) is 21.6. The first kappa shape index (κ1) is 20.7. The molecule has 1 aromatic heterocycles. The van der Waals surface area contributed by atoms with Crippen molar-refractivity contribution >= 4 is 34.4 Å². The molecule has 156 valence electrons. The monoisotopic (exact) mass is 430 g/mol. The summed E-state index contributed by atoms with van der Waals surface area (Å²) in [5.41, 5.74) is 7.20. The van der Waals surface area contributed by atoms with E-state index in [0.29, 0.717) is 12.3 Å². The van der Waals surface area contributed by atoms with Crippen LogP contribution in [0.15, 0.2) is 89.1 Å². The predicted octanol–water partition coefficient (Wildman–Crippen LogP) is 4.42. The number of amides is 1. The number of hydrazone groups is 1. The Balaban J connectivity index is 1.46. The van der Waals surface area contributed by atoms with Crippen molar-refractivity contribution in [1.82, 2.24) is 15.0 Å². The highest BCUT2D eigenvalue weighted by Gasteiger charge is 2.13. The number of phenolic OH excluding ortho intramolecular Hbond substituents is 1. The second-order valence-corrected chi connectivity index (χ2v) is 7.97. The third-order valence-corrected chi connectivity index (χ3v) is 5.75. The molecule has 0 spiro atoms. The normalized spacial score (nSPS) is 11.6. The summed E-state index contributed by atoms with van der Waals surface area (Å²) in [5.74, 6) is 0.182. The van der Waals surface area contributed by atoms with Gasteiger partial charge in [0.2, 0.25) is 0 Å². The molecule has 0 radical (unpaired) electrons. The molecule has 6 nitrogen and oxygen atoms in total. The Morgan fingerprint density at radius 2 is 1.74 bits per heavy atom. The zero-order valence-corrected chi connectivity index (χ0v) is 17.8. The Hall–Kier alpha value is -3.58. The van der Waals surface area contributed by atoms with Crippen LogP contribution >= 0.6 is 11.8 Å². The Kier molecular flexibility index (Phi) is 6.33. The van der Waals surface area contributed by atoms with Gasteiger partial charge in [-0.3, -0.25) is 4.79 Å². The fourth-order valence-electron chi connectivity index (χ4n) is 3.16. The standard InChI is InChI=1S/C24H22N4O2S/c1-17(19-11-13-20(29)14-12-19)26-27-23(30)16-31-24-25-21-9-5-6-10-22(21)28(24)15-18-7-3-2-4-8-18/h2-14,29H,15-16H2,1H3,(H,27,30)/b26-17+. The number of carbonyl (C=O) groups excluding carboxylic acids is 1. The van der Waals surface area contributed by atoms with Gasteiger partial charge in [-0.1, -0.05) is 54.2 Å². The number of nitrogens with zero attached hydrogens (tertiary/aromatic N) is 3. The molecule has 0 bridgehead atoms. The highest BCUT2D eigenvalue weighted by atomic mass is 32.2. The molecule has 0 aliphatic rings. The van der Waals surface area contributed by atoms with Gasteiger partial charge >= 0.3 is 0 Å². The number of phenols is 1. The lowest BCUT2D eigenvalue weighted by Gasteiger charge is -2.09. The minimum atomic E-state index is -0.207. The third-order valence-electron chi connectivity index (χ3n) is 4.77. The molecule has 4 rings (SSSR count). The number of aromatic hydroxyl groups is 1. The van der Waals surface area contributed by atoms with E-state index in [4.69, 9.17) is 4.98 Å². The maximum absolute atomic E-state index is 12.4. The van der Waals surface area contributed by atoms with Gasteiger partial charge in [-0.25, -0.2) is 10.4 Å². The van der Waals surface area contributed by atoms with Crippen LogP contribution in [0.5, 0.6) is 5.75 Å². The fraction of sp³-hybridized carbons (Fsp3) is 0.125. The molecule has 31 heavy (non-hydrogen) atoms. The molecule has 1 heterocycles. The maximum atomic E-state index is 12.4. The quantitative estimate of drug-likeness (QED) is 0.258. The average molecular weight is 431 g/mol. The van der Waals surface area contributed by atoms with Crippen molar-refractivity contribution in [2.75, 3.05) is 5.75 Å². The molecular formula is C24H22N4O2S. The van der Waals surface area contributed by atoms with Crippen LogP contribution in [-0.2, 0) is 11.3 Å². The molecule has 1 amide bonds. The largest absolute Gasteiger partial charge is 0.508 e. The summed E-state index contributed by atoms with van der Waals surface area (Å²) in [7, 11) is 0. The van der Waals surface area contributed by atoms with Gasteiger partial charge in [0.1, 0.15) is 5.75 Å². The van der Waals surface area contributed by atoms with E-state index in [9.17, 15) is 9.90 Å². The summed E-state index contributed by atoms with van der Waals surface area (Å²) in [4.78, 5) is 17.1. The fourth-order valence-corrected chi connectivity index (χ4v) is 3.96. The van der Waals surface area contributed by atoms with Crippen LogP contribution in [-0.4, -0.2) is 32.0 Å². The molecule has 3 aromatic carbocycles. The Bertz CT molecular complexity index is 1220. The second-order valence-electron chi connectivity index (χ2n) is 7.02. The van der Waals surface area contributed by atoms with E-state index >= 15 is 0 Å². The van der Waals surface area contributed by atoms with Gasteiger partial charge in [0.05, 0.1) is 29.0 Å². The van der Waals surface area contributed by atoms with E-state index in [1.54, 1.807) is 31.2 Å². The number of hydrogen-bond acceptors (Lipinski definition) is 5. The predicted molar refractivity (Wildman–Crippen MR) is 124 cm³/mol. The van der Waals surface area contributed by atoms with Crippen LogP contribution in [0.3, 0.4) is 0 Å². The first-order chi connectivity index (χ1) is 15.1. The van der Waals surface area contributed by atoms with Crippen LogP contribution in [0.4, 0.5) is 0 Å². The minimum Gasteiger partial charge on any atom is -0.508 e. The number of aromatic nitrogens is 2. The van der Waals surface area contributed by atoms with Crippen molar-refractivity contribution < 1.29 is 9.90 Å². The number of thioether (sulfide) groups is 1. The van der Waals surface area contributed by atoms with Gasteiger partial charge < -0.3 is 9.67 Å². The van der Waals surface area contributed by atoms with Gasteiger partial charge in [0.25, 0.3) is 5.91 Å². The first-order valence-electron chi connectivity index (χ1n) is 9.84. The molecule has 0 fully saturated rings. The lowest BCUT2D eigenvalue weighted by molar-refractivity contribution is -0.118. The number of para-hydroxylation sites is 2. The van der Waals surface area contributed by atoms with Crippen LogP contribution in [0.25, 0.3) is 11.0 Å². The summed E-state index contributed by atoms with van der Waals surface area (Å²) >= 11 is 1.39. The van der Waals surface area contributed by atoms with E-state index in [2.05, 4.69) is 27.2 Å². The van der Waals surface area contributed by atoms with E-state index in [1.807, 2.05) is 42.5 Å². The number of imidazole rings is 1.